The van der Waals surface area contributed by atoms with Crippen LogP contribution in [0.1, 0.15) is 0 Å². The highest BCUT2D eigenvalue weighted by Crippen LogP contribution is 2.41. The number of benzene rings is 8. The average Bonchev–Trinajstić information content (AvgIpc) is 3.19. The summed E-state index contributed by atoms with van der Waals surface area (Å²) < 4.78 is 0. The first-order chi connectivity index (χ1) is 24.7. The molecule has 0 aliphatic carbocycles. The Morgan fingerprint density at radius 1 is 0.320 bits per heavy atom. The lowest BCUT2D eigenvalue weighted by molar-refractivity contribution is 1.40. The van der Waals surface area contributed by atoms with Crippen molar-refractivity contribution in [2.24, 2.45) is 0 Å². The molecule has 2 nitrogen and oxygen atoms in total. The predicted molar refractivity (Wildman–Crippen MR) is 211 cm³/mol. The van der Waals surface area contributed by atoms with Crippen LogP contribution in [0.4, 0.5) is 0 Å². The van der Waals surface area contributed by atoms with E-state index in [9.17, 15) is 0 Å². The van der Waals surface area contributed by atoms with E-state index < -0.39 is 0 Å². The van der Waals surface area contributed by atoms with Crippen molar-refractivity contribution >= 4 is 54.1 Å². The molecule has 0 bridgehead atoms. The molecule has 10 aromatic rings. The summed E-state index contributed by atoms with van der Waals surface area (Å²) in [4.78, 5) is 10.1. The number of para-hydroxylation sites is 1. The third kappa shape index (κ3) is 4.81. The first-order valence-electron chi connectivity index (χ1n) is 17.1. The van der Waals surface area contributed by atoms with Crippen LogP contribution >= 0.6 is 0 Å². The monoisotopic (exact) mass is 634 g/mol. The Hall–Kier alpha value is -6.64. The Labute approximate surface area is 290 Å². The van der Waals surface area contributed by atoms with E-state index in [4.69, 9.17) is 9.97 Å². The van der Waals surface area contributed by atoms with Crippen molar-refractivity contribution < 1.29 is 0 Å². The van der Waals surface area contributed by atoms with Crippen LogP contribution in [0.5, 0.6) is 0 Å². The summed E-state index contributed by atoms with van der Waals surface area (Å²) in [7, 11) is 0. The second-order valence-electron chi connectivity index (χ2n) is 13.0. The lowest BCUT2D eigenvalue weighted by Gasteiger charge is -2.16. The lowest BCUT2D eigenvalue weighted by atomic mass is 9.90. The number of nitrogens with zero attached hydrogens (tertiary/aromatic N) is 2. The zero-order valence-electron chi connectivity index (χ0n) is 27.2. The van der Waals surface area contributed by atoms with E-state index in [1.54, 1.807) is 0 Å². The molecule has 2 heteroatoms. The molecule has 8 aromatic carbocycles. The van der Waals surface area contributed by atoms with Crippen molar-refractivity contribution in [1.82, 2.24) is 9.97 Å². The molecule has 0 radical (unpaired) electrons. The summed E-state index contributed by atoms with van der Waals surface area (Å²) in [6, 6.07) is 63.3. The van der Waals surface area contributed by atoms with Crippen LogP contribution in [-0.4, -0.2) is 9.97 Å². The molecule has 0 spiro atoms. The molecule has 0 atom stereocenters. The Balaban J connectivity index is 1.20. The maximum atomic E-state index is 5.44. The molecule has 50 heavy (non-hydrogen) atoms. The minimum atomic E-state index is 0.951. The Morgan fingerprint density at radius 2 is 0.840 bits per heavy atom. The van der Waals surface area contributed by atoms with Gasteiger partial charge in [-0.25, -0.2) is 4.98 Å². The molecule has 0 N–H and O–H groups in total. The zero-order valence-corrected chi connectivity index (χ0v) is 27.2. The highest BCUT2D eigenvalue weighted by molar-refractivity contribution is 6.16. The number of fused-ring (bicyclic) bond motifs is 6. The minimum Gasteiger partial charge on any atom is -0.256 e. The van der Waals surface area contributed by atoms with Crippen LogP contribution in [0.15, 0.2) is 182 Å². The third-order valence-electron chi connectivity index (χ3n) is 10.0. The van der Waals surface area contributed by atoms with Gasteiger partial charge in [-0.3, -0.25) is 4.98 Å². The fourth-order valence-electron chi connectivity index (χ4n) is 7.45. The molecule has 0 amide bonds. The van der Waals surface area contributed by atoms with Gasteiger partial charge in [-0.05, 0) is 91.1 Å². The topological polar surface area (TPSA) is 25.8 Å². The Bertz CT molecular complexity index is 2920. The molecule has 10 rings (SSSR count). The molecular formula is C48H30N2. The SMILES string of the molecule is c1ccc2cc(-c3cc4c(-c5ccc6ccccc6c5)cc(-c5ccc(-c6cnc7ccccc7c6)cc5)nc4c4ccccc34)ccc2c1. The molecular weight excluding hydrogens is 605 g/mol. The standard InChI is InChI=1S/C48H30N2/c1-3-11-35-25-37(23-19-31(35)9-1)43-28-45-44(38-24-20-32-10-2-4-12-36(32)26-38)29-47(50-48(45)42-15-7-6-14-41(42)43)34-21-17-33(18-22-34)40-27-39-13-5-8-16-46(39)49-30-40/h1-30H. The van der Waals surface area contributed by atoms with Crippen LogP contribution in [0.3, 0.4) is 0 Å². The molecule has 0 fully saturated rings. The smallest absolute Gasteiger partial charge is 0.0794 e. The van der Waals surface area contributed by atoms with Crippen molar-refractivity contribution in [3.8, 4) is 44.6 Å². The molecule has 0 unspecified atom stereocenters. The fourth-order valence-corrected chi connectivity index (χ4v) is 7.45. The summed E-state index contributed by atoms with van der Waals surface area (Å²) >= 11 is 0. The van der Waals surface area contributed by atoms with Crippen LogP contribution < -0.4 is 0 Å². The van der Waals surface area contributed by atoms with Crippen LogP contribution in [0, 0.1) is 0 Å². The van der Waals surface area contributed by atoms with Gasteiger partial charge in [0.2, 0.25) is 0 Å². The van der Waals surface area contributed by atoms with Gasteiger partial charge in [0.15, 0.2) is 0 Å². The average molecular weight is 635 g/mol. The largest absolute Gasteiger partial charge is 0.256 e. The molecule has 0 saturated carbocycles. The Morgan fingerprint density at radius 3 is 1.54 bits per heavy atom. The van der Waals surface area contributed by atoms with Crippen LogP contribution in [0.25, 0.3) is 98.8 Å². The van der Waals surface area contributed by atoms with Gasteiger partial charge in [-0.1, -0.05) is 140 Å². The van der Waals surface area contributed by atoms with Crippen LogP contribution in [-0.2, 0) is 0 Å². The number of hydrogen-bond donors (Lipinski definition) is 0. The van der Waals surface area contributed by atoms with Crippen molar-refractivity contribution in [2.45, 2.75) is 0 Å². The van der Waals surface area contributed by atoms with Crippen molar-refractivity contribution in [2.75, 3.05) is 0 Å². The van der Waals surface area contributed by atoms with Gasteiger partial charge in [-0.15, -0.1) is 0 Å². The second-order valence-corrected chi connectivity index (χ2v) is 13.0. The quantitative estimate of drug-likeness (QED) is 0.180. The molecule has 2 aromatic heterocycles. The van der Waals surface area contributed by atoms with Gasteiger partial charge in [0.05, 0.1) is 16.7 Å². The van der Waals surface area contributed by atoms with E-state index in [0.29, 0.717) is 0 Å². The maximum absolute atomic E-state index is 5.44. The normalized spacial score (nSPS) is 11.6. The number of aromatic nitrogens is 2. The maximum Gasteiger partial charge on any atom is 0.0794 e. The fraction of sp³-hybridized carbons (Fsp3) is 0. The van der Waals surface area contributed by atoms with Crippen molar-refractivity contribution in [3.63, 3.8) is 0 Å². The minimum absolute atomic E-state index is 0.951. The lowest BCUT2D eigenvalue weighted by Crippen LogP contribution is -1.94. The van der Waals surface area contributed by atoms with E-state index in [2.05, 4.69) is 170 Å². The van der Waals surface area contributed by atoms with Gasteiger partial charge in [-0.2, -0.15) is 0 Å². The Kier molecular flexibility index (Phi) is 6.53. The molecule has 0 aliphatic heterocycles. The van der Waals surface area contributed by atoms with Crippen molar-refractivity contribution in [3.05, 3.63) is 182 Å². The highest BCUT2D eigenvalue weighted by atomic mass is 14.7. The summed E-state index contributed by atoms with van der Waals surface area (Å²) in [5, 5.41) is 9.56. The van der Waals surface area contributed by atoms with Gasteiger partial charge in [0, 0.05) is 33.5 Å². The predicted octanol–water partition coefficient (Wildman–Crippen LogP) is 12.9. The highest BCUT2D eigenvalue weighted by Gasteiger charge is 2.17. The van der Waals surface area contributed by atoms with E-state index in [1.807, 2.05) is 12.3 Å². The van der Waals surface area contributed by atoms with Gasteiger partial charge < -0.3 is 0 Å². The van der Waals surface area contributed by atoms with E-state index in [-0.39, 0.29) is 0 Å². The zero-order chi connectivity index (χ0) is 33.0. The number of rotatable bonds is 4. The van der Waals surface area contributed by atoms with E-state index >= 15 is 0 Å². The summed E-state index contributed by atoms with van der Waals surface area (Å²) in [6.07, 6.45) is 1.96. The molecule has 2 heterocycles. The van der Waals surface area contributed by atoms with E-state index in [0.717, 1.165) is 49.6 Å². The van der Waals surface area contributed by atoms with Gasteiger partial charge in [0.1, 0.15) is 0 Å². The molecule has 0 saturated heterocycles. The molecule has 232 valence electrons. The molecule has 0 aliphatic rings. The van der Waals surface area contributed by atoms with Crippen LogP contribution in [0.2, 0.25) is 0 Å². The first kappa shape index (κ1) is 28.4. The second kappa shape index (κ2) is 11.5. The summed E-state index contributed by atoms with van der Waals surface area (Å²) in [5.74, 6) is 0. The van der Waals surface area contributed by atoms with Gasteiger partial charge >= 0.3 is 0 Å². The van der Waals surface area contributed by atoms with Crippen molar-refractivity contribution in [1.29, 1.82) is 0 Å². The number of hydrogen-bond acceptors (Lipinski definition) is 2. The van der Waals surface area contributed by atoms with Gasteiger partial charge in [0.25, 0.3) is 0 Å². The summed E-state index contributed by atoms with van der Waals surface area (Å²) in [5.41, 5.74) is 11.0. The summed E-state index contributed by atoms with van der Waals surface area (Å²) in [6.45, 7) is 0. The first-order valence-corrected chi connectivity index (χ1v) is 17.1. The van der Waals surface area contributed by atoms with E-state index in [1.165, 1.54) is 49.2 Å². The third-order valence-corrected chi connectivity index (χ3v) is 10.0. The number of pyridine rings is 2.